The second-order valence-electron chi connectivity index (χ2n) is 4.43. The molecular weight excluding hydrogens is 254 g/mol. The molecule has 0 aromatic carbocycles. The van der Waals surface area contributed by atoms with Crippen molar-refractivity contribution >= 4 is 15.9 Å². The third-order valence-electron chi connectivity index (χ3n) is 2.94. The average molecular weight is 272 g/mol. The highest BCUT2D eigenvalue weighted by Crippen LogP contribution is 2.30. The zero-order valence-corrected chi connectivity index (χ0v) is 10.9. The standard InChI is InChI=1S/C11H18BrN3/c1-8(2)15-11(12)9(7-14-15)10-5-3-4-6-13-10/h7-8,10,13H,3-6H2,1-2H3. The van der Waals surface area contributed by atoms with Gasteiger partial charge in [0.1, 0.15) is 4.60 Å². The van der Waals surface area contributed by atoms with Gasteiger partial charge in [-0.15, -0.1) is 0 Å². The van der Waals surface area contributed by atoms with Crippen molar-refractivity contribution in [1.29, 1.82) is 0 Å². The van der Waals surface area contributed by atoms with Crippen LogP contribution >= 0.6 is 15.9 Å². The fraction of sp³-hybridized carbons (Fsp3) is 0.727. The second kappa shape index (κ2) is 4.66. The van der Waals surface area contributed by atoms with Gasteiger partial charge in [0.15, 0.2) is 0 Å². The Bertz CT molecular complexity index is 327. The Hall–Kier alpha value is -0.350. The quantitative estimate of drug-likeness (QED) is 0.896. The van der Waals surface area contributed by atoms with Gasteiger partial charge in [0.2, 0.25) is 0 Å². The van der Waals surface area contributed by atoms with E-state index >= 15 is 0 Å². The van der Waals surface area contributed by atoms with Crippen molar-refractivity contribution in [2.75, 3.05) is 6.54 Å². The van der Waals surface area contributed by atoms with Crippen molar-refractivity contribution in [2.24, 2.45) is 0 Å². The van der Waals surface area contributed by atoms with Crippen LogP contribution in [0.25, 0.3) is 0 Å². The summed E-state index contributed by atoms with van der Waals surface area (Å²) in [6, 6.07) is 0.900. The first-order valence-corrected chi connectivity index (χ1v) is 6.45. The molecule has 4 heteroatoms. The molecule has 0 amide bonds. The van der Waals surface area contributed by atoms with Crippen LogP contribution in [0.4, 0.5) is 0 Å². The first-order chi connectivity index (χ1) is 7.20. The van der Waals surface area contributed by atoms with E-state index in [0.717, 1.165) is 11.1 Å². The predicted molar refractivity (Wildman–Crippen MR) is 64.9 cm³/mol. The minimum atomic E-state index is 0.414. The van der Waals surface area contributed by atoms with Crippen LogP contribution in [-0.2, 0) is 0 Å². The van der Waals surface area contributed by atoms with Crippen LogP contribution in [0.2, 0.25) is 0 Å². The molecule has 0 aliphatic carbocycles. The molecule has 1 unspecified atom stereocenters. The highest BCUT2D eigenvalue weighted by Gasteiger charge is 2.20. The van der Waals surface area contributed by atoms with E-state index in [4.69, 9.17) is 0 Å². The van der Waals surface area contributed by atoms with Gasteiger partial charge < -0.3 is 5.32 Å². The topological polar surface area (TPSA) is 29.9 Å². The fourth-order valence-electron chi connectivity index (χ4n) is 2.07. The number of hydrogen-bond donors (Lipinski definition) is 1. The van der Waals surface area contributed by atoms with Gasteiger partial charge in [0.05, 0.1) is 6.20 Å². The van der Waals surface area contributed by atoms with E-state index in [1.54, 1.807) is 0 Å². The first kappa shape index (κ1) is 11.1. The van der Waals surface area contributed by atoms with Gasteiger partial charge in [-0.05, 0) is 49.2 Å². The molecule has 1 aromatic heterocycles. The smallest absolute Gasteiger partial charge is 0.109 e. The number of hydrogen-bond acceptors (Lipinski definition) is 2. The molecule has 1 N–H and O–H groups in total. The van der Waals surface area contributed by atoms with Crippen LogP contribution < -0.4 is 5.32 Å². The average Bonchev–Trinajstić information content (AvgIpc) is 2.61. The number of halogens is 1. The molecule has 2 rings (SSSR count). The van der Waals surface area contributed by atoms with Crippen molar-refractivity contribution in [1.82, 2.24) is 15.1 Å². The molecule has 0 saturated carbocycles. The zero-order valence-electron chi connectivity index (χ0n) is 9.33. The number of nitrogens with zero attached hydrogens (tertiary/aromatic N) is 2. The van der Waals surface area contributed by atoms with Gasteiger partial charge in [-0.1, -0.05) is 6.42 Å². The van der Waals surface area contributed by atoms with Crippen molar-refractivity contribution in [3.05, 3.63) is 16.4 Å². The van der Waals surface area contributed by atoms with E-state index in [9.17, 15) is 0 Å². The second-order valence-corrected chi connectivity index (χ2v) is 5.18. The Morgan fingerprint density at radius 1 is 1.53 bits per heavy atom. The molecule has 0 spiro atoms. The van der Waals surface area contributed by atoms with E-state index in [0.29, 0.717) is 12.1 Å². The third kappa shape index (κ3) is 2.26. The molecule has 1 fully saturated rings. The zero-order chi connectivity index (χ0) is 10.8. The minimum Gasteiger partial charge on any atom is -0.310 e. The molecule has 1 aliphatic rings. The number of piperidine rings is 1. The summed E-state index contributed by atoms with van der Waals surface area (Å²) in [6.45, 7) is 5.43. The molecule has 1 atom stereocenters. The third-order valence-corrected chi connectivity index (χ3v) is 3.76. The molecule has 1 saturated heterocycles. The normalized spacial score (nSPS) is 22.3. The lowest BCUT2D eigenvalue weighted by Crippen LogP contribution is -2.26. The summed E-state index contributed by atoms with van der Waals surface area (Å²) in [6.07, 6.45) is 5.83. The van der Waals surface area contributed by atoms with Crippen LogP contribution in [0.15, 0.2) is 10.8 Å². The summed E-state index contributed by atoms with van der Waals surface area (Å²) >= 11 is 3.65. The molecular formula is C11H18BrN3. The Morgan fingerprint density at radius 2 is 2.33 bits per heavy atom. The number of nitrogens with one attached hydrogen (secondary N) is 1. The van der Waals surface area contributed by atoms with E-state index in [1.165, 1.54) is 24.8 Å². The Morgan fingerprint density at radius 3 is 2.87 bits per heavy atom. The lowest BCUT2D eigenvalue weighted by Gasteiger charge is -2.23. The van der Waals surface area contributed by atoms with Crippen LogP contribution in [0, 0.1) is 0 Å². The molecule has 84 valence electrons. The maximum absolute atomic E-state index is 4.42. The van der Waals surface area contributed by atoms with E-state index in [1.807, 2.05) is 10.9 Å². The predicted octanol–water partition coefficient (Wildman–Crippen LogP) is 3.04. The van der Waals surface area contributed by atoms with E-state index < -0.39 is 0 Å². The SMILES string of the molecule is CC(C)n1ncc(C2CCCCN2)c1Br. The molecule has 1 aliphatic heterocycles. The summed E-state index contributed by atoms with van der Waals surface area (Å²) in [5.74, 6) is 0. The maximum atomic E-state index is 4.42. The lowest BCUT2D eigenvalue weighted by molar-refractivity contribution is 0.410. The first-order valence-electron chi connectivity index (χ1n) is 5.66. The Balaban J connectivity index is 2.20. The van der Waals surface area contributed by atoms with Gasteiger partial charge >= 0.3 is 0 Å². The van der Waals surface area contributed by atoms with Gasteiger partial charge in [0.25, 0.3) is 0 Å². The van der Waals surface area contributed by atoms with Crippen molar-refractivity contribution in [2.45, 2.75) is 45.2 Å². The molecule has 0 bridgehead atoms. The van der Waals surface area contributed by atoms with Crippen LogP contribution in [-0.4, -0.2) is 16.3 Å². The summed E-state index contributed by atoms with van der Waals surface area (Å²) < 4.78 is 3.17. The van der Waals surface area contributed by atoms with Crippen molar-refractivity contribution < 1.29 is 0 Å². The summed E-state index contributed by atoms with van der Waals surface area (Å²) in [5, 5.41) is 7.97. The maximum Gasteiger partial charge on any atom is 0.109 e. The van der Waals surface area contributed by atoms with Crippen LogP contribution in [0.1, 0.15) is 50.8 Å². The lowest BCUT2D eigenvalue weighted by atomic mass is 10.0. The van der Waals surface area contributed by atoms with E-state index in [2.05, 4.69) is 40.2 Å². The van der Waals surface area contributed by atoms with E-state index in [-0.39, 0.29) is 0 Å². The highest BCUT2D eigenvalue weighted by molar-refractivity contribution is 9.10. The highest BCUT2D eigenvalue weighted by atomic mass is 79.9. The number of rotatable bonds is 2. The largest absolute Gasteiger partial charge is 0.310 e. The summed E-state index contributed by atoms with van der Waals surface area (Å²) in [5.41, 5.74) is 1.31. The molecule has 3 nitrogen and oxygen atoms in total. The monoisotopic (exact) mass is 271 g/mol. The van der Waals surface area contributed by atoms with Crippen molar-refractivity contribution in [3.8, 4) is 0 Å². The van der Waals surface area contributed by atoms with Gasteiger partial charge in [0, 0.05) is 17.6 Å². The Labute approximate surface area is 99.4 Å². The molecule has 2 heterocycles. The van der Waals surface area contributed by atoms with Gasteiger partial charge in [-0.25, -0.2) is 0 Å². The van der Waals surface area contributed by atoms with Crippen molar-refractivity contribution in [3.63, 3.8) is 0 Å². The molecule has 1 aromatic rings. The van der Waals surface area contributed by atoms with Crippen LogP contribution in [0.5, 0.6) is 0 Å². The minimum absolute atomic E-state index is 0.414. The fourth-order valence-corrected chi connectivity index (χ4v) is 2.95. The molecule has 15 heavy (non-hydrogen) atoms. The molecule has 0 radical (unpaired) electrons. The summed E-state index contributed by atoms with van der Waals surface area (Å²) in [7, 11) is 0. The van der Waals surface area contributed by atoms with Gasteiger partial charge in [-0.2, -0.15) is 5.10 Å². The Kier molecular flexibility index (Phi) is 3.46. The van der Waals surface area contributed by atoms with Crippen LogP contribution in [0.3, 0.4) is 0 Å². The summed E-state index contributed by atoms with van der Waals surface area (Å²) in [4.78, 5) is 0. The van der Waals surface area contributed by atoms with Gasteiger partial charge in [-0.3, -0.25) is 4.68 Å². The number of aromatic nitrogens is 2.